The summed E-state index contributed by atoms with van der Waals surface area (Å²) in [6.07, 6.45) is 2.50. The minimum absolute atomic E-state index is 0.892. The van der Waals surface area contributed by atoms with Gasteiger partial charge in [0.05, 0.1) is 27.8 Å². The van der Waals surface area contributed by atoms with Crippen LogP contribution in [0.15, 0.2) is 162 Å². The summed E-state index contributed by atoms with van der Waals surface area (Å²) in [4.78, 5) is 0. The molecule has 0 aliphatic rings. The molecule has 51 heavy (non-hydrogen) atoms. The van der Waals surface area contributed by atoms with Crippen molar-refractivity contribution in [1.82, 2.24) is 9.13 Å². The molecule has 3 heterocycles. The second-order valence-corrected chi connectivity index (χ2v) is 13.2. The van der Waals surface area contributed by atoms with Gasteiger partial charge in [-0.05, 0) is 71.8 Å². The molecule has 0 bridgehead atoms. The predicted molar refractivity (Wildman–Crippen MR) is 220 cm³/mol. The van der Waals surface area contributed by atoms with Crippen molar-refractivity contribution in [2.24, 2.45) is 0 Å². The molecule has 0 radical (unpaired) electrons. The summed E-state index contributed by atoms with van der Waals surface area (Å²) >= 11 is 0. The van der Waals surface area contributed by atoms with E-state index in [4.69, 9.17) is 4.42 Å². The van der Waals surface area contributed by atoms with E-state index in [1.807, 2.05) is 0 Å². The lowest BCUT2D eigenvalue weighted by molar-refractivity contribution is 0.666. The summed E-state index contributed by atoms with van der Waals surface area (Å²) in [6, 6.07) is 56.4. The van der Waals surface area contributed by atoms with Gasteiger partial charge in [0.2, 0.25) is 0 Å². The molecule has 0 aliphatic carbocycles. The maximum atomic E-state index is 6.65. The Balaban J connectivity index is 0.000000585. The van der Waals surface area contributed by atoms with E-state index in [2.05, 4.69) is 195 Å². The Morgan fingerprint density at radius 1 is 0.392 bits per heavy atom. The Labute approximate surface area is 299 Å². The molecule has 0 N–H and O–H groups in total. The van der Waals surface area contributed by atoms with Crippen LogP contribution >= 0.6 is 0 Å². The SMILES string of the molecule is CCC.CCC.c1ccc(-n2c3ccccc3c3cc(-c4ccc5oc6c(-n7c8ccccc8c8ccccc87)cccc6c5c4)ccc32)cc1. The van der Waals surface area contributed by atoms with Crippen LogP contribution in [0.2, 0.25) is 0 Å². The summed E-state index contributed by atoms with van der Waals surface area (Å²) in [7, 11) is 0. The molecular formula is C48H42N2O. The topological polar surface area (TPSA) is 23.0 Å². The second-order valence-electron chi connectivity index (χ2n) is 13.2. The number of fused-ring (bicyclic) bond motifs is 9. The lowest BCUT2D eigenvalue weighted by Gasteiger charge is -2.08. The zero-order valence-corrected chi connectivity index (χ0v) is 29.7. The molecule has 0 saturated carbocycles. The maximum Gasteiger partial charge on any atom is 0.159 e. The molecule has 0 spiro atoms. The minimum Gasteiger partial charge on any atom is -0.454 e. The average Bonchev–Trinajstić information content (AvgIpc) is 3.83. The number of aromatic nitrogens is 2. The minimum atomic E-state index is 0.892. The monoisotopic (exact) mass is 662 g/mol. The van der Waals surface area contributed by atoms with Gasteiger partial charge in [-0.1, -0.05) is 138 Å². The van der Waals surface area contributed by atoms with Crippen molar-refractivity contribution >= 4 is 65.6 Å². The fraction of sp³-hybridized carbons (Fsp3) is 0.125. The van der Waals surface area contributed by atoms with E-state index in [0.717, 1.165) is 27.6 Å². The van der Waals surface area contributed by atoms with E-state index in [9.17, 15) is 0 Å². The number of nitrogens with zero attached hydrogens (tertiary/aromatic N) is 2. The van der Waals surface area contributed by atoms with Gasteiger partial charge in [-0.15, -0.1) is 0 Å². The van der Waals surface area contributed by atoms with Crippen LogP contribution in [0.25, 0.3) is 88.1 Å². The first-order valence-corrected chi connectivity index (χ1v) is 18.2. The molecule has 0 fully saturated rings. The molecule has 10 rings (SSSR count). The zero-order valence-electron chi connectivity index (χ0n) is 29.7. The summed E-state index contributed by atoms with van der Waals surface area (Å²) in [6.45, 7) is 8.50. The third-order valence-electron chi connectivity index (χ3n) is 9.32. The van der Waals surface area contributed by atoms with E-state index in [1.165, 1.54) is 73.3 Å². The van der Waals surface area contributed by atoms with E-state index in [0.29, 0.717) is 0 Å². The van der Waals surface area contributed by atoms with Crippen LogP contribution in [0.3, 0.4) is 0 Å². The number of para-hydroxylation sites is 5. The van der Waals surface area contributed by atoms with Crippen LogP contribution in [0.5, 0.6) is 0 Å². The van der Waals surface area contributed by atoms with Gasteiger partial charge >= 0.3 is 0 Å². The van der Waals surface area contributed by atoms with E-state index >= 15 is 0 Å². The number of rotatable bonds is 3. The molecule has 0 atom stereocenters. The van der Waals surface area contributed by atoms with Crippen molar-refractivity contribution in [2.45, 2.75) is 40.5 Å². The Hall–Kier alpha value is -6.06. The first kappa shape index (κ1) is 32.2. The first-order valence-electron chi connectivity index (χ1n) is 18.2. The largest absolute Gasteiger partial charge is 0.454 e. The van der Waals surface area contributed by atoms with Crippen LogP contribution in [0.1, 0.15) is 40.5 Å². The predicted octanol–water partition coefficient (Wildman–Crippen LogP) is 14.3. The molecular weight excluding hydrogens is 621 g/mol. The summed E-state index contributed by atoms with van der Waals surface area (Å²) in [5.41, 5.74) is 11.1. The molecule has 0 aliphatic heterocycles. The molecule has 3 nitrogen and oxygen atoms in total. The summed E-state index contributed by atoms with van der Waals surface area (Å²) in [5.74, 6) is 0. The molecule has 7 aromatic carbocycles. The average molecular weight is 663 g/mol. The standard InChI is InChI=1S/C42H26N2O.2C3H8/c1-2-11-29(12-3-1)43-36-17-7-6-15-32(36)34-25-27(21-23-39(34)43)28-22-24-41-35(26-28)33-16-10-20-40(42(33)45-41)44-37-18-8-4-13-30(37)31-14-5-9-19-38(31)44;2*1-3-2/h1-26H;2*3H2,1-2H3. The van der Waals surface area contributed by atoms with Crippen molar-refractivity contribution in [3.05, 3.63) is 158 Å². The first-order chi connectivity index (χ1) is 25.2. The second kappa shape index (κ2) is 13.7. The van der Waals surface area contributed by atoms with Gasteiger partial charge in [0.15, 0.2) is 5.58 Å². The van der Waals surface area contributed by atoms with E-state index in [-0.39, 0.29) is 0 Å². The highest BCUT2D eigenvalue weighted by atomic mass is 16.3. The van der Waals surface area contributed by atoms with Crippen molar-refractivity contribution in [3.8, 4) is 22.5 Å². The molecule has 250 valence electrons. The van der Waals surface area contributed by atoms with Gasteiger partial charge < -0.3 is 13.6 Å². The normalized spacial score (nSPS) is 11.3. The smallest absolute Gasteiger partial charge is 0.159 e. The fourth-order valence-corrected chi connectivity index (χ4v) is 7.33. The van der Waals surface area contributed by atoms with Crippen molar-refractivity contribution in [3.63, 3.8) is 0 Å². The Kier molecular flexibility index (Phi) is 8.63. The fourth-order valence-electron chi connectivity index (χ4n) is 7.33. The Morgan fingerprint density at radius 3 is 1.49 bits per heavy atom. The third-order valence-corrected chi connectivity index (χ3v) is 9.32. The third kappa shape index (κ3) is 5.46. The van der Waals surface area contributed by atoms with E-state index < -0.39 is 0 Å². The summed E-state index contributed by atoms with van der Waals surface area (Å²) < 4.78 is 11.4. The highest BCUT2D eigenvalue weighted by Gasteiger charge is 2.18. The van der Waals surface area contributed by atoms with Crippen molar-refractivity contribution in [2.75, 3.05) is 0 Å². The summed E-state index contributed by atoms with van der Waals surface area (Å²) in [5, 5.41) is 7.23. The van der Waals surface area contributed by atoms with Crippen molar-refractivity contribution in [1.29, 1.82) is 0 Å². The van der Waals surface area contributed by atoms with Gasteiger partial charge in [-0.3, -0.25) is 0 Å². The molecule has 0 unspecified atom stereocenters. The zero-order chi connectivity index (χ0) is 34.9. The van der Waals surface area contributed by atoms with Gasteiger partial charge in [-0.2, -0.15) is 0 Å². The van der Waals surface area contributed by atoms with Gasteiger partial charge in [0.25, 0.3) is 0 Å². The number of furan rings is 1. The van der Waals surface area contributed by atoms with Gasteiger partial charge in [-0.25, -0.2) is 0 Å². The highest BCUT2D eigenvalue weighted by molar-refractivity contribution is 6.14. The number of benzene rings is 7. The quantitative estimate of drug-likeness (QED) is 0.185. The lowest BCUT2D eigenvalue weighted by atomic mass is 10.0. The van der Waals surface area contributed by atoms with Crippen LogP contribution in [-0.2, 0) is 0 Å². The lowest BCUT2D eigenvalue weighted by Crippen LogP contribution is -1.93. The van der Waals surface area contributed by atoms with Gasteiger partial charge in [0, 0.05) is 38.0 Å². The van der Waals surface area contributed by atoms with Crippen LogP contribution in [0, 0.1) is 0 Å². The molecule has 3 heteroatoms. The van der Waals surface area contributed by atoms with Crippen LogP contribution < -0.4 is 0 Å². The Bertz CT molecular complexity index is 2740. The maximum absolute atomic E-state index is 6.65. The van der Waals surface area contributed by atoms with Crippen LogP contribution in [0.4, 0.5) is 0 Å². The molecule has 10 aromatic rings. The molecule has 3 aromatic heterocycles. The highest BCUT2D eigenvalue weighted by Crippen LogP contribution is 2.40. The Morgan fingerprint density at radius 2 is 0.863 bits per heavy atom. The van der Waals surface area contributed by atoms with Crippen LogP contribution in [-0.4, -0.2) is 9.13 Å². The molecule has 0 amide bonds. The van der Waals surface area contributed by atoms with Crippen molar-refractivity contribution < 1.29 is 4.42 Å². The number of hydrogen-bond donors (Lipinski definition) is 0. The van der Waals surface area contributed by atoms with E-state index in [1.54, 1.807) is 0 Å². The van der Waals surface area contributed by atoms with Gasteiger partial charge in [0.1, 0.15) is 5.58 Å². The number of hydrogen-bond acceptors (Lipinski definition) is 1. The molecule has 0 saturated heterocycles.